The molecular formula is C21H32F3IN4O. The summed E-state index contributed by atoms with van der Waals surface area (Å²) in [5.74, 6) is 0.729. The molecule has 1 saturated heterocycles. The molecule has 1 aliphatic heterocycles. The fourth-order valence-corrected chi connectivity index (χ4v) is 3.62. The first-order valence-corrected chi connectivity index (χ1v) is 10.4. The molecular weight excluding hydrogens is 508 g/mol. The van der Waals surface area contributed by atoms with Crippen LogP contribution in [0.15, 0.2) is 29.3 Å². The van der Waals surface area contributed by atoms with Gasteiger partial charge in [-0.2, -0.15) is 13.2 Å². The van der Waals surface area contributed by atoms with Crippen LogP contribution in [0, 0.1) is 0 Å². The molecule has 0 bridgehead atoms. The summed E-state index contributed by atoms with van der Waals surface area (Å²) in [6, 6.07) is 5.70. The SMILES string of the molecule is CCNC(=NCC1(c2cccc(C(F)(F)F)c2)CC1)NCCCN1CCOCC1.I. The van der Waals surface area contributed by atoms with Gasteiger partial charge in [-0.1, -0.05) is 18.2 Å². The first kappa shape index (κ1) is 25.2. The second-order valence-corrected chi connectivity index (χ2v) is 7.79. The number of nitrogens with one attached hydrogen (secondary N) is 2. The van der Waals surface area contributed by atoms with Crippen LogP contribution in [0.5, 0.6) is 0 Å². The number of rotatable bonds is 8. The van der Waals surface area contributed by atoms with Crippen LogP contribution >= 0.6 is 24.0 Å². The van der Waals surface area contributed by atoms with Crippen LogP contribution in [0.3, 0.4) is 0 Å². The Hall–Kier alpha value is -1.07. The van der Waals surface area contributed by atoms with Gasteiger partial charge in [-0.15, -0.1) is 24.0 Å². The predicted molar refractivity (Wildman–Crippen MR) is 124 cm³/mol. The molecule has 1 aromatic carbocycles. The summed E-state index contributed by atoms with van der Waals surface area (Å²) in [6.07, 6.45) is -1.57. The van der Waals surface area contributed by atoms with Crippen molar-refractivity contribution in [2.75, 3.05) is 52.5 Å². The smallest absolute Gasteiger partial charge is 0.379 e. The monoisotopic (exact) mass is 540 g/mol. The predicted octanol–water partition coefficient (Wildman–Crippen LogP) is 3.63. The molecule has 0 spiro atoms. The molecule has 1 aliphatic carbocycles. The summed E-state index contributed by atoms with van der Waals surface area (Å²) < 4.78 is 44.5. The maximum absolute atomic E-state index is 13.0. The minimum absolute atomic E-state index is 0. The highest BCUT2D eigenvalue weighted by Gasteiger charge is 2.45. The van der Waals surface area contributed by atoms with Crippen LogP contribution in [-0.4, -0.2) is 63.3 Å². The maximum atomic E-state index is 13.0. The number of hydrogen-bond donors (Lipinski definition) is 2. The van der Waals surface area contributed by atoms with Crippen molar-refractivity contribution >= 4 is 29.9 Å². The standard InChI is InChI=1S/C21H31F3N4O.HI/c1-2-25-19(26-9-4-10-28-11-13-29-14-12-28)27-16-20(7-8-20)17-5-3-6-18(15-17)21(22,23)24;/h3,5-6,15H,2,4,7-14,16H2,1H3,(H2,25,26,27);1H. The number of morpholine rings is 1. The number of hydrogen-bond acceptors (Lipinski definition) is 3. The summed E-state index contributed by atoms with van der Waals surface area (Å²) in [7, 11) is 0. The van der Waals surface area contributed by atoms with Crippen LogP contribution in [0.4, 0.5) is 13.2 Å². The Morgan fingerprint density at radius 1 is 1.20 bits per heavy atom. The lowest BCUT2D eigenvalue weighted by atomic mass is 9.94. The van der Waals surface area contributed by atoms with Gasteiger partial charge >= 0.3 is 6.18 Å². The first-order valence-electron chi connectivity index (χ1n) is 10.4. The van der Waals surface area contributed by atoms with E-state index < -0.39 is 11.7 Å². The fourth-order valence-electron chi connectivity index (χ4n) is 3.62. The number of benzene rings is 1. The lowest BCUT2D eigenvalue weighted by Crippen LogP contribution is -2.41. The molecule has 170 valence electrons. The zero-order valence-corrected chi connectivity index (χ0v) is 19.8. The maximum Gasteiger partial charge on any atom is 0.416 e. The Balaban J connectivity index is 0.00000320. The third-order valence-electron chi connectivity index (χ3n) is 5.59. The number of alkyl halides is 3. The minimum atomic E-state index is -4.31. The van der Waals surface area contributed by atoms with Gasteiger partial charge in [0.25, 0.3) is 0 Å². The zero-order valence-electron chi connectivity index (χ0n) is 17.4. The van der Waals surface area contributed by atoms with Crippen LogP contribution < -0.4 is 10.6 Å². The molecule has 0 atom stereocenters. The zero-order chi connectivity index (χ0) is 20.7. The normalized spacial score (nSPS) is 19.1. The van der Waals surface area contributed by atoms with Gasteiger partial charge < -0.3 is 15.4 Å². The topological polar surface area (TPSA) is 48.9 Å². The minimum Gasteiger partial charge on any atom is -0.379 e. The molecule has 2 N–H and O–H groups in total. The Morgan fingerprint density at radius 2 is 1.93 bits per heavy atom. The summed E-state index contributed by atoms with van der Waals surface area (Å²) in [6.45, 7) is 8.62. The third kappa shape index (κ3) is 7.26. The van der Waals surface area contributed by atoms with E-state index >= 15 is 0 Å². The molecule has 3 rings (SSSR count). The van der Waals surface area contributed by atoms with Crippen molar-refractivity contribution in [1.29, 1.82) is 0 Å². The highest BCUT2D eigenvalue weighted by Crippen LogP contribution is 2.49. The lowest BCUT2D eigenvalue weighted by molar-refractivity contribution is -0.137. The van der Waals surface area contributed by atoms with Gasteiger partial charge in [-0.05, 0) is 44.4 Å². The molecule has 2 fully saturated rings. The van der Waals surface area contributed by atoms with Crippen molar-refractivity contribution in [3.05, 3.63) is 35.4 Å². The quantitative estimate of drug-likeness (QED) is 0.229. The second-order valence-electron chi connectivity index (χ2n) is 7.79. The van der Waals surface area contributed by atoms with E-state index in [4.69, 9.17) is 4.74 Å². The third-order valence-corrected chi connectivity index (χ3v) is 5.59. The van der Waals surface area contributed by atoms with Crippen molar-refractivity contribution in [3.63, 3.8) is 0 Å². The van der Waals surface area contributed by atoms with Crippen molar-refractivity contribution in [2.24, 2.45) is 4.99 Å². The molecule has 0 radical (unpaired) electrons. The number of aliphatic imine (C=N–C) groups is 1. The molecule has 5 nitrogen and oxygen atoms in total. The fraction of sp³-hybridized carbons (Fsp3) is 0.667. The number of guanidine groups is 1. The lowest BCUT2D eigenvalue weighted by Gasteiger charge is -2.26. The Bertz CT molecular complexity index is 689. The van der Waals surface area contributed by atoms with Crippen LogP contribution in [0.25, 0.3) is 0 Å². The van der Waals surface area contributed by atoms with Crippen molar-refractivity contribution in [2.45, 2.75) is 37.8 Å². The van der Waals surface area contributed by atoms with E-state index in [0.717, 1.165) is 82.8 Å². The highest BCUT2D eigenvalue weighted by molar-refractivity contribution is 14.0. The first-order chi connectivity index (χ1) is 13.9. The van der Waals surface area contributed by atoms with Crippen molar-refractivity contribution in [3.8, 4) is 0 Å². The van der Waals surface area contributed by atoms with E-state index in [1.54, 1.807) is 6.07 Å². The number of ether oxygens (including phenoxy) is 1. The molecule has 1 heterocycles. The van der Waals surface area contributed by atoms with Gasteiger partial charge in [-0.25, -0.2) is 0 Å². The van der Waals surface area contributed by atoms with Gasteiger partial charge in [0.2, 0.25) is 0 Å². The molecule has 0 unspecified atom stereocenters. The van der Waals surface area contributed by atoms with E-state index in [1.165, 1.54) is 12.1 Å². The van der Waals surface area contributed by atoms with Crippen LogP contribution in [-0.2, 0) is 16.3 Å². The highest BCUT2D eigenvalue weighted by atomic mass is 127. The van der Waals surface area contributed by atoms with Crippen molar-refractivity contribution < 1.29 is 17.9 Å². The van der Waals surface area contributed by atoms with Gasteiger partial charge in [0.1, 0.15) is 0 Å². The Morgan fingerprint density at radius 3 is 2.57 bits per heavy atom. The molecule has 1 saturated carbocycles. The summed E-state index contributed by atoms with van der Waals surface area (Å²) in [5.41, 5.74) is -0.116. The van der Waals surface area contributed by atoms with Crippen LogP contribution in [0.1, 0.15) is 37.3 Å². The van der Waals surface area contributed by atoms with Gasteiger partial charge in [-0.3, -0.25) is 9.89 Å². The second kappa shape index (κ2) is 11.5. The van der Waals surface area contributed by atoms with E-state index in [1.807, 2.05) is 6.92 Å². The van der Waals surface area contributed by atoms with E-state index in [0.29, 0.717) is 6.54 Å². The average Bonchev–Trinajstić information content (AvgIpc) is 3.51. The van der Waals surface area contributed by atoms with Crippen molar-refractivity contribution in [1.82, 2.24) is 15.5 Å². The van der Waals surface area contributed by atoms with Crippen LogP contribution in [0.2, 0.25) is 0 Å². The number of nitrogens with zero attached hydrogens (tertiary/aromatic N) is 2. The number of halogens is 4. The van der Waals surface area contributed by atoms with Gasteiger partial charge in [0.05, 0.1) is 25.3 Å². The summed E-state index contributed by atoms with van der Waals surface area (Å²) in [5, 5.41) is 6.58. The van der Waals surface area contributed by atoms with E-state index in [9.17, 15) is 13.2 Å². The average molecular weight is 540 g/mol. The molecule has 2 aliphatic rings. The largest absolute Gasteiger partial charge is 0.416 e. The summed E-state index contributed by atoms with van der Waals surface area (Å²) >= 11 is 0. The van der Waals surface area contributed by atoms with E-state index in [-0.39, 0.29) is 29.4 Å². The molecule has 1 aromatic rings. The molecule has 9 heteroatoms. The van der Waals surface area contributed by atoms with Gasteiger partial charge in [0, 0.05) is 31.6 Å². The Kier molecular flexibility index (Phi) is 9.67. The molecule has 30 heavy (non-hydrogen) atoms. The van der Waals surface area contributed by atoms with E-state index in [2.05, 4.69) is 20.5 Å². The molecule has 0 aromatic heterocycles. The molecule has 0 amide bonds. The summed E-state index contributed by atoms with van der Waals surface area (Å²) in [4.78, 5) is 7.07. The van der Waals surface area contributed by atoms with Gasteiger partial charge in [0.15, 0.2) is 5.96 Å². The Labute approximate surface area is 193 Å².